The lowest BCUT2D eigenvalue weighted by Gasteiger charge is -2.36. The monoisotopic (exact) mass is 516 g/mol. The summed E-state index contributed by atoms with van der Waals surface area (Å²) < 4.78 is 39.1. The Bertz CT molecular complexity index is 529. The van der Waals surface area contributed by atoms with Crippen LogP contribution in [0.2, 0.25) is 0 Å². The largest absolute Gasteiger partial charge is 0.506 e. The molecule has 24 heavy (non-hydrogen) atoms. The van der Waals surface area contributed by atoms with Crippen LogP contribution in [0.3, 0.4) is 0 Å². The summed E-state index contributed by atoms with van der Waals surface area (Å²) in [7, 11) is 0. The average molecular weight is 519 g/mol. The van der Waals surface area contributed by atoms with Gasteiger partial charge in [0.05, 0.1) is 4.47 Å². The van der Waals surface area contributed by atoms with E-state index < -0.39 is 18.6 Å². The van der Waals surface area contributed by atoms with Gasteiger partial charge in [-0.15, -0.1) is 24.8 Å². The molecule has 1 heterocycles. The minimum Gasteiger partial charge on any atom is -0.506 e. The van der Waals surface area contributed by atoms with Gasteiger partial charge >= 0.3 is 6.18 Å². The maximum atomic E-state index is 12.6. The summed E-state index contributed by atoms with van der Waals surface area (Å²) in [5, 5.41) is 13.4. The van der Waals surface area contributed by atoms with E-state index in [1.165, 1.54) is 0 Å². The Hall–Kier alpha value is 0.270. The molecule has 0 unspecified atom stereocenters. The fourth-order valence-electron chi connectivity index (χ4n) is 2.67. The quantitative estimate of drug-likeness (QED) is 0.585. The summed E-state index contributed by atoms with van der Waals surface area (Å²) in [6.07, 6.45) is -5.14. The van der Waals surface area contributed by atoms with Crippen LogP contribution in [0, 0.1) is 0 Å². The van der Waals surface area contributed by atoms with E-state index in [1.54, 1.807) is 12.1 Å². The number of hydrogen-bond acceptors (Lipinski definition) is 3. The van der Waals surface area contributed by atoms with Crippen LogP contribution in [0.25, 0.3) is 0 Å². The zero-order valence-electron chi connectivity index (χ0n) is 12.6. The van der Waals surface area contributed by atoms with Crippen LogP contribution in [0.15, 0.2) is 21.1 Å². The fraction of sp³-hybridized carbons (Fsp3) is 0.571. The molecule has 1 aliphatic heterocycles. The topological polar surface area (TPSA) is 35.5 Å². The second kappa shape index (κ2) is 10.4. The normalized spacial score (nSPS) is 16.9. The number of benzene rings is 1. The number of piperazine rings is 1. The van der Waals surface area contributed by atoms with Gasteiger partial charge < -0.3 is 10.4 Å². The van der Waals surface area contributed by atoms with Crippen molar-refractivity contribution >= 4 is 56.7 Å². The molecular formula is C14H19Br2Cl2F3N2O. The minimum atomic E-state index is -4.20. The van der Waals surface area contributed by atoms with Crippen molar-refractivity contribution in [2.45, 2.75) is 25.1 Å². The molecule has 0 saturated carbocycles. The average Bonchev–Trinajstić information content (AvgIpc) is 2.44. The van der Waals surface area contributed by atoms with Gasteiger partial charge in [0.25, 0.3) is 0 Å². The van der Waals surface area contributed by atoms with Crippen LogP contribution in [0.4, 0.5) is 13.2 Å². The molecule has 1 aromatic rings. The highest BCUT2D eigenvalue weighted by atomic mass is 79.9. The number of rotatable bonds is 4. The number of phenolic OH excluding ortho intramolecular Hbond substituents is 1. The Kier molecular flexibility index (Phi) is 10.5. The maximum Gasteiger partial charge on any atom is 0.389 e. The lowest BCUT2D eigenvalue weighted by molar-refractivity contribution is -0.138. The molecule has 3 nitrogen and oxygen atoms in total. The first-order chi connectivity index (χ1) is 10.3. The van der Waals surface area contributed by atoms with E-state index in [2.05, 4.69) is 37.2 Å². The van der Waals surface area contributed by atoms with E-state index in [1.807, 2.05) is 4.90 Å². The molecule has 2 N–H and O–H groups in total. The highest BCUT2D eigenvalue weighted by Crippen LogP contribution is 2.40. The Labute approximate surface area is 168 Å². The Balaban J connectivity index is 0.00000264. The maximum absolute atomic E-state index is 12.6. The molecule has 140 valence electrons. The molecule has 0 aromatic heterocycles. The molecular weight excluding hydrogens is 500 g/mol. The summed E-state index contributed by atoms with van der Waals surface area (Å²) >= 11 is 6.58. The SMILES string of the molecule is Cl.Cl.Oc1c(Br)cc(Br)cc1[C@@H](CCC(F)(F)F)N1CCNCC1. The third-order valence-corrected chi connectivity index (χ3v) is 4.77. The van der Waals surface area contributed by atoms with Gasteiger partial charge in [-0.1, -0.05) is 15.9 Å². The van der Waals surface area contributed by atoms with E-state index in [9.17, 15) is 18.3 Å². The zero-order chi connectivity index (χ0) is 16.3. The number of phenols is 1. The van der Waals surface area contributed by atoms with Crippen LogP contribution in [0.1, 0.15) is 24.4 Å². The van der Waals surface area contributed by atoms with Crippen LogP contribution >= 0.6 is 56.7 Å². The number of alkyl halides is 3. The van der Waals surface area contributed by atoms with Crippen molar-refractivity contribution in [1.82, 2.24) is 10.2 Å². The van der Waals surface area contributed by atoms with Gasteiger partial charge in [-0.2, -0.15) is 13.2 Å². The molecule has 0 bridgehead atoms. The standard InChI is InChI=1S/C14H17Br2F3N2O.2ClH/c15-9-7-10(13(22)11(16)8-9)12(1-2-14(17,18)19)21-5-3-20-4-6-21;;/h7-8,12,20,22H,1-6H2;2*1H/t12-;;/m1../s1. The van der Waals surface area contributed by atoms with Crippen LogP contribution in [-0.4, -0.2) is 42.4 Å². The highest BCUT2D eigenvalue weighted by molar-refractivity contribution is 9.11. The van der Waals surface area contributed by atoms with Crippen molar-refractivity contribution in [3.05, 3.63) is 26.6 Å². The van der Waals surface area contributed by atoms with E-state index >= 15 is 0 Å². The Morgan fingerprint density at radius 2 is 1.75 bits per heavy atom. The number of aromatic hydroxyl groups is 1. The first-order valence-corrected chi connectivity index (χ1v) is 8.56. The smallest absolute Gasteiger partial charge is 0.389 e. The Morgan fingerprint density at radius 3 is 2.29 bits per heavy atom. The van der Waals surface area contributed by atoms with E-state index in [-0.39, 0.29) is 37.0 Å². The van der Waals surface area contributed by atoms with Crippen molar-refractivity contribution in [3.8, 4) is 5.75 Å². The van der Waals surface area contributed by atoms with Gasteiger partial charge in [0.15, 0.2) is 0 Å². The third-order valence-electron chi connectivity index (χ3n) is 3.71. The first kappa shape index (κ1) is 24.3. The van der Waals surface area contributed by atoms with Crippen molar-refractivity contribution in [3.63, 3.8) is 0 Å². The molecule has 1 aromatic carbocycles. The Morgan fingerprint density at radius 1 is 1.17 bits per heavy atom. The number of nitrogens with one attached hydrogen (secondary N) is 1. The van der Waals surface area contributed by atoms with Gasteiger partial charge in [0.1, 0.15) is 5.75 Å². The molecule has 10 heteroatoms. The van der Waals surface area contributed by atoms with Gasteiger partial charge in [-0.05, 0) is 34.5 Å². The summed E-state index contributed by atoms with van der Waals surface area (Å²) in [5.41, 5.74) is 0.521. The molecule has 0 radical (unpaired) electrons. The molecule has 1 saturated heterocycles. The highest BCUT2D eigenvalue weighted by Gasteiger charge is 2.32. The van der Waals surface area contributed by atoms with E-state index in [0.29, 0.717) is 23.1 Å². The lowest BCUT2D eigenvalue weighted by atomic mass is 9.98. The van der Waals surface area contributed by atoms with Crippen molar-refractivity contribution in [1.29, 1.82) is 0 Å². The van der Waals surface area contributed by atoms with Crippen LogP contribution < -0.4 is 5.32 Å². The van der Waals surface area contributed by atoms with Gasteiger partial charge in [0.2, 0.25) is 0 Å². The second-order valence-corrected chi connectivity index (χ2v) is 7.05. The van der Waals surface area contributed by atoms with Crippen LogP contribution in [-0.2, 0) is 0 Å². The first-order valence-electron chi connectivity index (χ1n) is 6.97. The third kappa shape index (κ3) is 6.88. The molecule has 1 aliphatic rings. The van der Waals surface area contributed by atoms with E-state index in [0.717, 1.165) is 17.6 Å². The minimum absolute atomic E-state index is 0. The zero-order valence-corrected chi connectivity index (χ0v) is 17.4. The molecule has 2 rings (SSSR count). The molecule has 0 spiro atoms. The van der Waals surface area contributed by atoms with E-state index in [4.69, 9.17) is 0 Å². The number of hydrogen-bond donors (Lipinski definition) is 2. The van der Waals surface area contributed by atoms with Crippen LogP contribution in [0.5, 0.6) is 5.75 Å². The lowest BCUT2D eigenvalue weighted by Crippen LogP contribution is -2.45. The van der Waals surface area contributed by atoms with Crippen molar-refractivity contribution < 1.29 is 18.3 Å². The summed E-state index contributed by atoms with van der Waals surface area (Å²) in [6.45, 7) is 2.79. The van der Waals surface area contributed by atoms with Crippen molar-refractivity contribution in [2.24, 2.45) is 0 Å². The predicted octanol–water partition coefficient (Wildman–Crippen LogP) is 5.05. The second-order valence-electron chi connectivity index (χ2n) is 5.28. The summed E-state index contributed by atoms with van der Waals surface area (Å²) in [6, 6.07) is 2.91. The number of halogens is 7. The van der Waals surface area contributed by atoms with Gasteiger partial charge in [-0.25, -0.2) is 0 Å². The molecule has 1 fully saturated rings. The molecule has 0 amide bonds. The number of nitrogens with zero attached hydrogens (tertiary/aromatic N) is 1. The van der Waals surface area contributed by atoms with Gasteiger partial charge in [0, 0.05) is 48.7 Å². The van der Waals surface area contributed by atoms with Crippen molar-refractivity contribution in [2.75, 3.05) is 26.2 Å². The fourth-order valence-corrected chi connectivity index (χ4v) is 3.93. The summed E-state index contributed by atoms with van der Waals surface area (Å²) in [5.74, 6) is 0.00825. The predicted molar refractivity (Wildman–Crippen MR) is 100 cm³/mol. The van der Waals surface area contributed by atoms with Gasteiger partial charge in [-0.3, -0.25) is 4.90 Å². The molecule has 0 aliphatic carbocycles. The molecule has 1 atom stereocenters. The summed E-state index contributed by atoms with van der Waals surface area (Å²) in [4.78, 5) is 2.00.